The van der Waals surface area contributed by atoms with Crippen molar-refractivity contribution < 1.29 is 0 Å². The third kappa shape index (κ3) is 3.77. The molecule has 0 amide bonds. The van der Waals surface area contributed by atoms with Crippen LogP contribution in [0.15, 0.2) is 59.8 Å². The molecule has 2 aromatic carbocycles. The molecule has 0 bridgehead atoms. The summed E-state index contributed by atoms with van der Waals surface area (Å²) in [4.78, 5) is 4.81. The molecule has 0 aliphatic heterocycles. The van der Waals surface area contributed by atoms with Crippen molar-refractivity contribution >= 4 is 34.3 Å². The Morgan fingerprint density at radius 3 is 2.59 bits per heavy atom. The molecule has 1 aliphatic rings. The Labute approximate surface area is 179 Å². The quantitative estimate of drug-likeness (QED) is 0.358. The van der Waals surface area contributed by atoms with Gasteiger partial charge in [0.2, 0.25) is 0 Å². The van der Waals surface area contributed by atoms with Crippen LogP contribution in [0.2, 0.25) is 5.02 Å². The summed E-state index contributed by atoms with van der Waals surface area (Å²) in [5.74, 6) is 2.32. The van der Waals surface area contributed by atoms with Crippen LogP contribution < -0.4 is 0 Å². The van der Waals surface area contributed by atoms with Gasteiger partial charge in [0.25, 0.3) is 0 Å². The van der Waals surface area contributed by atoms with Crippen LogP contribution in [-0.4, -0.2) is 19.7 Å². The monoisotopic (exact) mass is 420 g/mol. The molecule has 0 unspecified atom stereocenters. The Balaban J connectivity index is 1.44. The summed E-state index contributed by atoms with van der Waals surface area (Å²) in [7, 11) is 0. The molecule has 1 saturated carbocycles. The van der Waals surface area contributed by atoms with E-state index in [0.717, 1.165) is 44.7 Å². The van der Waals surface area contributed by atoms with E-state index in [1.165, 1.54) is 18.4 Å². The molecule has 6 heteroatoms. The molecule has 0 saturated heterocycles. The maximum Gasteiger partial charge on any atom is 0.191 e. The molecular weight excluding hydrogens is 400 g/mol. The van der Waals surface area contributed by atoms with Gasteiger partial charge >= 0.3 is 0 Å². The molecule has 5 rings (SSSR count). The van der Waals surface area contributed by atoms with Crippen molar-refractivity contribution in [2.75, 3.05) is 0 Å². The normalized spacial score (nSPS) is 13.9. The second kappa shape index (κ2) is 7.81. The fourth-order valence-corrected chi connectivity index (χ4v) is 4.79. The summed E-state index contributed by atoms with van der Waals surface area (Å²) in [5, 5.41) is 11.8. The lowest BCUT2D eigenvalue weighted by atomic mass is 10.1. The van der Waals surface area contributed by atoms with Crippen LogP contribution in [0.4, 0.5) is 0 Å². The van der Waals surface area contributed by atoms with Gasteiger partial charge in [-0.3, -0.25) is 4.98 Å². The molecule has 146 valence electrons. The SMILES string of the molecule is Cc1c(Cl)c(CSc2nnc(C3CC3)n2Cc2ccccc2)nc2ccccc12. The third-order valence-corrected chi connectivity index (χ3v) is 6.84. The second-order valence-corrected chi connectivity index (χ2v) is 8.81. The van der Waals surface area contributed by atoms with Crippen molar-refractivity contribution in [1.82, 2.24) is 19.7 Å². The van der Waals surface area contributed by atoms with Gasteiger partial charge in [-0.05, 0) is 37.0 Å². The molecule has 1 fully saturated rings. The molecule has 2 heterocycles. The first kappa shape index (κ1) is 18.6. The number of nitrogens with zero attached hydrogens (tertiary/aromatic N) is 4. The number of rotatable bonds is 6. The lowest BCUT2D eigenvalue weighted by molar-refractivity contribution is 0.667. The number of hydrogen-bond acceptors (Lipinski definition) is 4. The first-order valence-corrected chi connectivity index (χ1v) is 11.2. The lowest BCUT2D eigenvalue weighted by Crippen LogP contribution is -2.06. The maximum atomic E-state index is 6.65. The minimum atomic E-state index is 0.546. The van der Waals surface area contributed by atoms with E-state index in [2.05, 4.69) is 52.0 Å². The van der Waals surface area contributed by atoms with Gasteiger partial charge in [0.1, 0.15) is 5.82 Å². The van der Waals surface area contributed by atoms with Gasteiger partial charge in [0.05, 0.1) is 22.8 Å². The molecule has 0 atom stereocenters. The summed E-state index contributed by atoms with van der Waals surface area (Å²) in [6, 6.07) is 18.6. The number of para-hydroxylation sites is 1. The largest absolute Gasteiger partial charge is 0.301 e. The van der Waals surface area contributed by atoms with Crippen molar-refractivity contribution in [2.24, 2.45) is 0 Å². The zero-order chi connectivity index (χ0) is 19.8. The minimum Gasteiger partial charge on any atom is -0.301 e. The standard InChI is InChI=1S/C23H21ClN4S/c1-15-18-9-5-6-10-19(18)25-20(21(15)24)14-29-23-27-26-22(17-11-12-17)28(23)13-16-7-3-2-4-8-16/h2-10,17H,11-14H2,1H3. The summed E-state index contributed by atoms with van der Waals surface area (Å²) >= 11 is 8.31. The Kier molecular flexibility index (Phi) is 5.02. The van der Waals surface area contributed by atoms with Gasteiger partial charge in [0, 0.05) is 17.1 Å². The van der Waals surface area contributed by atoms with Gasteiger partial charge in [-0.15, -0.1) is 10.2 Å². The van der Waals surface area contributed by atoms with Crippen LogP contribution in [-0.2, 0) is 12.3 Å². The predicted molar refractivity (Wildman–Crippen MR) is 119 cm³/mol. The number of halogens is 1. The van der Waals surface area contributed by atoms with Gasteiger partial charge < -0.3 is 4.57 Å². The van der Waals surface area contributed by atoms with Crippen molar-refractivity contribution in [2.45, 2.75) is 43.1 Å². The van der Waals surface area contributed by atoms with Crippen molar-refractivity contribution in [1.29, 1.82) is 0 Å². The average Bonchev–Trinajstić information content (AvgIpc) is 3.52. The summed E-state index contributed by atoms with van der Waals surface area (Å²) in [6.45, 7) is 2.85. The number of thioether (sulfide) groups is 1. The van der Waals surface area contributed by atoms with Gasteiger partial charge in [0.15, 0.2) is 5.16 Å². The molecule has 4 nitrogen and oxygen atoms in total. The maximum absolute atomic E-state index is 6.65. The van der Waals surface area contributed by atoms with Crippen molar-refractivity contribution in [3.05, 3.63) is 82.3 Å². The average molecular weight is 421 g/mol. The van der Waals surface area contributed by atoms with Gasteiger partial charge in [-0.2, -0.15) is 0 Å². The first-order valence-electron chi connectivity index (χ1n) is 9.84. The van der Waals surface area contributed by atoms with E-state index >= 15 is 0 Å². The van der Waals surface area contributed by atoms with Crippen LogP contribution in [0.1, 0.15) is 41.4 Å². The smallest absolute Gasteiger partial charge is 0.191 e. The molecule has 29 heavy (non-hydrogen) atoms. The second-order valence-electron chi connectivity index (χ2n) is 7.49. The first-order chi connectivity index (χ1) is 14.2. The van der Waals surface area contributed by atoms with Crippen LogP contribution in [0.25, 0.3) is 10.9 Å². The number of fused-ring (bicyclic) bond motifs is 1. The van der Waals surface area contributed by atoms with Crippen LogP contribution in [0.5, 0.6) is 0 Å². The topological polar surface area (TPSA) is 43.6 Å². The Bertz CT molecular complexity index is 1170. The summed E-state index contributed by atoms with van der Waals surface area (Å²) in [6.07, 6.45) is 2.41. The number of hydrogen-bond donors (Lipinski definition) is 0. The van der Waals surface area contributed by atoms with Crippen LogP contribution in [0.3, 0.4) is 0 Å². The van der Waals surface area contributed by atoms with E-state index in [4.69, 9.17) is 16.6 Å². The Hall–Kier alpha value is -2.37. The molecular formula is C23H21ClN4S. The highest BCUT2D eigenvalue weighted by molar-refractivity contribution is 7.98. The molecule has 2 aromatic heterocycles. The fourth-order valence-electron chi connectivity index (χ4n) is 3.61. The highest BCUT2D eigenvalue weighted by atomic mass is 35.5. The third-order valence-electron chi connectivity index (χ3n) is 5.36. The number of aromatic nitrogens is 4. The van der Waals surface area contributed by atoms with Crippen molar-refractivity contribution in [3.8, 4) is 0 Å². The van der Waals surface area contributed by atoms with E-state index in [0.29, 0.717) is 11.7 Å². The number of aryl methyl sites for hydroxylation is 1. The zero-order valence-electron chi connectivity index (χ0n) is 16.2. The van der Waals surface area contributed by atoms with Crippen LogP contribution in [0, 0.1) is 6.92 Å². The zero-order valence-corrected chi connectivity index (χ0v) is 17.7. The Morgan fingerprint density at radius 2 is 1.79 bits per heavy atom. The van der Waals surface area contributed by atoms with Gasteiger partial charge in [-0.1, -0.05) is 71.9 Å². The highest BCUT2D eigenvalue weighted by Gasteiger charge is 2.30. The molecule has 1 aliphatic carbocycles. The number of benzene rings is 2. The highest BCUT2D eigenvalue weighted by Crippen LogP contribution is 2.40. The van der Waals surface area contributed by atoms with Crippen LogP contribution >= 0.6 is 23.4 Å². The predicted octanol–water partition coefficient (Wildman–Crippen LogP) is 6.01. The molecule has 0 radical (unpaired) electrons. The Morgan fingerprint density at radius 1 is 1.03 bits per heavy atom. The summed E-state index contributed by atoms with van der Waals surface area (Å²) in [5.41, 5.74) is 4.22. The van der Waals surface area contributed by atoms with E-state index in [1.54, 1.807) is 11.8 Å². The molecule has 4 aromatic rings. The fraction of sp³-hybridized carbons (Fsp3) is 0.261. The molecule has 0 N–H and O–H groups in total. The van der Waals surface area contributed by atoms with Crippen molar-refractivity contribution in [3.63, 3.8) is 0 Å². The number of pyridine rings is 1. The summed E-state index contributed by atoms with van der Waals surface area (Å²) < 4.78 is 2.26. The van der Waals surface area contributed by atoms with E-state index < -0.39 is 0 Å². The lowest BCUT2D eigenvalue weighted by Gasteiger charge is -2.12. The van der Waals surface area contributed by atoms with E-state index in [1.807, 2.05) is 24.3 Å². The van der Waals surface area contributed by atoms with Gasteiger partial charge in [-0.25, -0.2) is 0 Å². The molecule has 0 spiro atoms. The van der Waals surface area contributed by atoms with E-state index in [9.17, 15) is 0 Å². The van der Waals surface area contributed by atoms with E-state index in [-0.39, 0.29) is 0 Å². The minimum absolute atomic E-state index is 0.546.